The highest BCUT2D eigenvalue weighted by molar-refractivity contribution is 5.94. The number of rotatable bonds is 7. The third-order valence-corrected chi connectivity index (χ3v) is 5.25. The van der Waals surface area contributed by atoms with Gasteiger partial charge in [0.1, 0.15) is 18.5 Å². The Morgan fingerprint density at radius 3 is 2.48 bits per heavy atom. The van der Waals surface area contributed by atoms with E-state index in [1.165, 1.54) is 11.5 Å². The number of benzene rings is 3. The number of aliphatic hydroxyl groups is 1. The number of aromatic nitrogens is 2. The van der Waals surface area contributed by atoms with Gasteiger partial charge in [-0.15, -0.1) is 0 Å². The standard InChI is InChI=1S/C25H24N2O4/c1-17-14-26(25(30)27(17)21-12-10-19(11-13-21)18(2)28)15-22(29)16-31-24-9-5-7-20-6-3-4-8-23(20)24/h3-14,22,29H,15-16H2,1-2H3. The Labute approximate surface area is 179 Å². The van der Waals surface area contributed by atoms with Crippen LogP contribution in [0.5, 0.6) is 5.75 Å². The number of hydrogen-bond donors (Lipinski definition) is 1. The van der Waals surface area contributed by atoms with E-state index in [0.717, 1.165) is 16.5 Å². The number of carbonyl (C=O) groups is 1. The molecule has 0 saturated heterocycles. The fourth-order valence-electron chi connectivity index (χ4n) is 3.70. The Bertz CT molecular complexity index is 1280. The maximum absolute atomic E-state index is 12.9. The minimum absolute atomic E-state index is 0.0255. The van der Waals surface area contributed by atoms with Crippen LogP contribution in [0.1, 0.15) is 23.0 Å². The third-order valence-electron chi connectivity index (χ3n) is 5.25. The maximum atomic E-state index is 12.9. The first-order chi connectivity index (χ1) is 14.9. The summed E-state index contributed by atoms with van der Waals surface area (Å²) in [6, 6.07) is 20.6. The molecule has 1 heterocycles. The summed E-state index contributed by atoms with van der Waals surface area (Å²) in [7, 11) is 0. The number of hydrogen-bond acceptors (Lipinski definition) is 4. The number of aryl methyl sites for hydroxylation is 1. The fraction of sp³-hybridized carbons (Fsp3) is 0.200. The van der Waals surface area contributed by atoms with E-state index in [2.05, 4.69) is 0 Å². The van der Waals surface area contributed by atoms with Crippen LogP contribution in [-0.2, 0) is 6.54 Å². The lowest BCUT2D eigenvalue weighted by molar-refractivity contribution is 0.0923. The van der Waals surface area contributed by atoms with Crippen molar-refractivity contribution in [1.82, 2.24) is 9.13 Å². The summed E-state index contributed by atoms with van der Waals surface area (Å²) in [6.07, 6.45) is 0.856. The van der Waals surface area contributed by atoms with Crippen molar-refractivity contribution < 1.29 is 14.6 Å². The van der Waals surface area contributed by atoms with Crippen molar-refractivity contribution in [2.24, 2.45) is 0 Å². The van der Waals surface area contributed by atoms with Gasteiger partial charge in [0.05, 0.1) is 12.2 Å². The Morgan fingerprint density at radius 1 is 1.03 bits per heavy atom. The molecule has 0 bridgehead atoms. The van der Waals surface area contributed by atoms with Gasteiger partial charge < -0.3 is 9.84 Å². The normalized spacial score (nSPS) is 12.1. The first-order valence-electron chi connectivity index (χ1n) is 10.1. The van der Waals surface area contributed by atoms with Crippen LogP contribution in [0.25, 0.3) is 16.5 Å². The summed E-state index contributed by atoms with van der Waals surface area (Å²) in [5.41, 5.74) is 1.75. The van der Waals surface area contributed by atoms with E-state index in [1.807, 2.05) is 49.4 Å². The lowest BCUT2D eigenvalue weighted by Gasteiger charge is -2.14. The molecular weight excluding hydrogens is 392 g/mol. The van der Waals surface area contributed by atoms with E-state index in [9.17, 15) is 14.7 Å². The zero-order valence-corrected chi connectivity index (χ0v) is 17.5. The van der Waals surface area contributed by atoms with Crippen molar-refractivity contribution in [3.63, 3.8) is 0 Å². The summed E-state index contributed by atoms with van der Waals surface area (Å²) < 4.78 is 8.88. The number of ether oxygens (including phenoxy) is 1. The van der Waals surface area contributed by atoms with E-state index in [0.29, 0.717) is 17.0 Å². The molecule has 6 heteroatoms. The number of imidazole rings is 1. The highest BCUT2D eigenvalue weighted by atomic mass is 16.5. The maximum Gasteiger partial charge on any atom is 0.333 e. The lowest BCUT2D eigenvalue weighted by Crippen LogP contribution is -2.31. The van der Waals surface area contributed by atoms with Gasteiger partial charge in [-0.05, 0) is 49.6 Å². The lowest BCUT2D eigenvalue weighted by atomic mass is 10.1. The molecule has 4 rings (SSSR count). The van der Waals surface area contributed by atoms with Crippen LogP contribution in [0.4, 0.5) is 0 Å². The van der Waals surface area contributed by atoms with Crippen molar-refractivity contribution in [1.29, 1.82) is 0 Å². The summed E-state index contributed by atoms with van der Waals surface area (Å²) >= 11 is 0. The number of fused-ring (bicyclic) bond motifs is 1. The van der Waals surface area contributed by atoms with Gasteiger partial charge in [0.15, 0.2) is 5.78 Å². The Balaban J connectivity index is 1.49. The smallest absolute Gasteiger partial charge is 0.333 e. The molecule has 3 aromatic carbocycles. The van der Waals surface area contributed by atoms with Crippen molar-refractivity contribution in [2.75, 3.05) is 6.61 Å². The second-order valence-electron chi connectivity index (χ2n) is 7.59. The Kier molecular flexibility index (Phi) is 5.73. The first kappa shape index (κ1) is 20.6. The predicted molar refractivity (Wildman–Crippen MR) is 120 cm³/mol. The van der Waals surface area contributed by atoms with E-state index < -0.39 is 6.10 Å². The van der Waals surface area contributed by atoms with Gasteiger partial charge in [-0.2, -0.15) is 0 Å². The zero-order valence-electron chi connectivity index (χ0n) is 17.5. The molecule has 0 aliphatic heterocycles. The second-order valence-corrected chi connectivity index (χ2v) is 7.59. The third kappa shape index (κ3) is 4.29. The fourth-order valence-corrected chi connectivity index (χ4v) is 3.70. The molecule has 1 unspecified atom stereocenters. The van der Waals surface area contributed by atoms with E-state index in [1.54, 1.807) is 35.0 Å². The van der Waals surface area contributed by atoms with E-state index in [4.69, 9.17) is 4.74 Å². The average Bonchev–Trinajstić information content (AvgIpc) is 3.05. The molecule has 1 aromatic heterocycles. The van der Waals surface area contributed by atoms with Crippen molar-refractivity contribution in [2.45, 2.75) is 26.5 Å². The molecule has 1 atom stereocenters. The summed E-state index contributed by atoms with van der Waals surface area (Å²) in [6.45, 7) is 3.52. The van der Waals surface area contributed by atoms with Gasteiger partial charge in [0.2, 0.25) is 0 Å². The van der Waals surface area contributed by atoms with Crippen LogP contribution in [0.15, 0.2) is 77.7 Å². The molecule has 6 nitrogen and oxygen atoms in total. The molecule has 0 radical (unpaired) electrons. The molecule has 1 N–H and O–H groups in total. The number of carbonyl (C=O) groups excluding carboxylic acids is 1. The monoisotopic (exact) mass is 416 g/mol. The Morgan fingerprint density at radius 2 is 1.74 bits per heavy atom. The molecular formula is C25H24N2O4. The summed E-state index contributed by atoms with van der Waals surface area (Å²) in [4.78, 5) is 24.4. The van der Waals surface area contributed by atoms with Gasteiger partial charge in [-0.3, -0.25) is 13.9 Å². The van der Waals surface area contributed by atoms with Crippen molar-refractivity contribution in [3.8, 4) is 11.4 Å². The van der Waals surface area contributed by atoms with Gasteiger partial charge in [-0.25, -0.2) is 4.79 Å². The van der Waals surface area contributed by atoms with Gasteiger partial charge in [0, 0.05) is 22.8 Å². The number of ketones is 1. The minimum Gasteiger partial charge on any atom is -0.490 e. The number of nitrogens with zero attached hydrogens (tertiary/aromatic N) is 2. The highest BCUT2D eigenvalue weighted by Crippen LogP contribution is 2.25. The number of aliphatic hydroxyl groups excluding tert-OH is 1. The highest BCUT2D eigenvalue weighted by Gasteiger charge is 2.15. The zero-order chi connectivity index (χ0) is 22.0. The molecule has 0 aliphatic carbocycles. The van der Waals surface area contributed by atoms with Gasteiger partial charge in [-0.1, -0.05) is 36.4 Å². The average molecular weight is 416 g/mol. The SMILES string of the molecule is CC(=O)c1ccc(-n2c(C)cn(CC(O)COc3cccc4ccccc34)c2=O)cc1. The number of Topliss-reactive ketones (excluding diaryl/α,β-unsaturated/α-hetero) is 1. The van der Waals surface area contributed by atoms with Crippen molar-refractivity contribution >= 4 is 16.6 Å². The van der Waals surface area contributed by atoms with Crippen LogP contribution in [-0.4, -0.2) is 32.7 Å². The van der Waals surface area contributed by atoms with E-state index >= 15 is 0 Å². The minimum atomic E-state index is -0.855. The van der Waals surface area contributed by atoms with Crippen LogP contribution in [0, 0.1) is 6.92 Å². The largest absolute Gasteiger partial charge is 0.490 e. The molecule has 0 amide bonds. The Hall–Kier alpha value is -3.64. The van der Waals surface area contributed by atoms with Crippen LogP contribution in [0.2, 0.25) is 0 Å². The quantitative estimate of drug-likeness (QED) is 0.466. The summed E-state index contributed by atoms with van der Waals surface area (Å²) in [5, 5.41) is 12.5. The molecule has 158 valence electrons. The van der Waals surface area contributed by atoms with Crippen LogP contribution >= 0.6 is 0 Å². The van der Waals surface area contributed by atoms with Crippen LogP contribution < -0.4 is 10.4 Å². The first-order valence-corrected chi connectivity index (χ1v) is 10.1. The topological polar surface area (TPSA) is 73.5 Å². The van der Waals surface area contributed by atoms with Crippen molar-refractivity contribution in [3.05, 3.63) is 94.7 Å². The molecule has 0 fully saturated rings. The van der Waals surface area contributed by atoms with Gasteiger partial charge in [0.25, 0.3) is 0 Å². The molecule has 0 saturated carbocycles. The predicted octanol–water partition coefficient (Wildman–Crippen LogP) is 3.74. The molecule has 0 spiro atoms. The summed E-state index contributed by atoms with van der Waals surface area (Å²) in [5.74, 6) is 0.673. The molecule has 0 aliphatic rings. The van der Waals surface area contributed by atoms with Gasteiger partial charge >= 0.3 is 5.69 Å². The molecule has 4 aromatic rings. The van der Waals surface area contributed by atoms with Crippen LogP contribution in [0.3, 0.4) is 0 Å². The second kappa shape index (κ2) is 8.62. The van der Waals surface area contributed by atoms with E-state index in [-0.39, 0.29) is 24.6 Å². The molecule has 31 heavy (non-hydrogen) atoms.